The molecule has 66 valence electrons. The Hall–Kier alpha value is -0.300. The van der Waals surface area contributed by atoms with Crippen molar-refractivity contribution in [2.24, 2.45) is 0 Å². The van der Waals surface area contributed by atoms with E-state index in [1.54, 1.807) is 0 Å². The van der Waals surface area contributed by atoms with Crippen molar-refractivity contribution in [3.05, 3.63) is 12.2 Å². The highest BCUT2D eigenvalue weighted by atomic mass is 15.1. The molecule has 11 heavy (non-hydrogen) atoms. The first-order valence-corrected chi connectivity index (χ1v) is 4.59. The molecular formula is C10H21N. The molecule has 0 aliphatic rings. The fourth-order valence-corrected chi connectivity index (χ4v) is 1.32. The van der Waals surface area contributed by atoms with Crippen molar-refractivity contribution in [2.45, 2.75) is 40.2 Å². The molecule has 0 aromatic carbocycles. The SMILES string of the molecule is C=C(CC)C(C)N(CC)CC. The summed E-state index contributed by atoms with van der Waals surface area (Å²) in [6.45, 7) is 15.1. The summed E-state index contributed by atoms with van der Waals surface area (Å²) < 4.78 is 0. The molecule has 0 saturated heterocycles. The van der Waals surface area contributed by atoms with Crippen LogP contribution >= 0.6 is 0 Å². The summed E-state index contributed by atoms with van der Waals surface area (Å²) in [6.07, 6.45) is 1.09. The molecule has 0 aromatic heterocycles. The van der Waals surface area contributed by atoms with Gasteiger partial charge in [0.1, 0.15) is 0 Å². The topological polar surface area (TPSA) is 3.24 Å². The standard InChI is InChI=1S/C10H21N/c1-6-9(4)10(5)11(7-2)8-3/h10H,4,6-8H2,1-3,5H3. The zero-order valence-electron chi connectivity index (χ0n) is 8.35. The van der Waals surface area contributed by atoms with Gasteiger partial charge in [-0.05, 0) is 26.4 Å². The molecule has 1 nitrogen and oxygen atoms in total. The van der Waals surface area contributed by atoms with Crippen LogP contribution in [0.25, 0.3) is 0 Å². The quantitative estimate of drug-likeness (QED) is 0.552. The van der Waals surface area contributed by atoms with Crippen LogP contribution in [0, 0.1) is 0 Å². The molecule has 0 spiro atoms. The van der Waals surface area contributed by atoms with Crippen LogP contribution < -0.4 is 0 Å². The minimum absolute atomic E-state index is 0.551. The lowest BCUT2D eigenvalue weighted by Crippen LogP contribution is -2.33. The van der Waals surface area contributed by atoms with Gasteiger partial charge in [-0.2, -0.15) is 0 Å². The van der Waals surface area contributed by atoms with E-state index in [-0.39, 0.29) is 0 Å². The third-order valence-electron chi connectivity index (χ3n) is 2.41. The lowest BCUT2D eigenvalue weighted by Gasteiger charge is -2.27. The van der Waals surface area contributed by atoms with Crippen LogP contribution in [0.1, 0.15) is 34.1 Å². The average molecular weight is 155 g/mol. The van der Waals surface area contributed by atoms with Gasteiger partial charge in [-0.15, -0.1) is 0 Å². The molecule has 0 radical (unpaired) electrons. The lowest BCUT2D eigenvalue weighted by atomic mass is 10.1. The molecule has 0 aromatic rings. The molecule has 0 fully saturated rings. The van der Waals surface area contributed by atoms with Crippen LogP contribution in [0.15, 0.2) is 12.2 Å². The van der Waals surface area contributed by atoms with E-state index < -0.39 is 0 Å². The molecule has 0 rings (SSSR count). The fraction of sp³-hybridized carbons (Fsp3) is 0.800. The van der Waals surface area contributed by atoms with Gasteiger partial charge in [-0.25, -0.2) is 0 Å². The van der Waals surface area contributed by atoms with Crippen molar-refractivity contribution in [2.75, 3.05) is 13.1 Å². The third-order valence-corrected chi connectivity index (χ3v) is 2.41. The Morgan fingerprint density at radius 1 is 1.27 bits per heavy atom. The molecule has 0 aliphatic heterocycles. The predicted octanol–water partition coefficient (Wildman–Crippen LogP) is 2.68. The first kappa shape index (κ1) is 10.7. The Morgan fingerprint density at radius 2 is 1.73 bits per heavy atom. The molecule has 1 unspecified atom stereocenters. The van der Waals surface area contributed by atoms with Crippen molar-refractivity contribution in [1.82, 2.24) is 4.90 Å². The van der Waals surface area contributed by atoms with Gasteiger partial charge in [-0.3, -0.25) is 4.90 Å². The van der Waals surface area contributed by atoms with E-state index in [1.165, 1.54) is 5.57 Å². The second-order valence-corrected chi connectivity index (χ2v) is 2.91. The fourth-order valence-electron chi connectivity index (χ4n) is 1.32. The van der Waals surface area contributed by atoms with Gasteiger partial charge in [0, 0.05) is 6.04 Å². The summed E-state index contributed by atoms with van der Waals surface area (Å²) in [5.41, 5.74) is 1.34. The van der Waals surface area contributed by atoms with E-state index >= 15 is 0 Å². The number of nitrogens with zero attached hydrogens (tertiary/aromatic N) is 1. The number of hydrogen-bond acceptors (Lipinski definition) is 1. The molecule has 1 heteroatoms. The van der Waals surface area contributed by atoms with Crippen LogP contribution in [0.4, 0.5) is 0 Å². The molecule has 0 heterocycles. The minimum Gasteiger partial charge on any atom is -0.298 e. The Balaban J connectivity index is 3.97. The van der Waals surface area contributed by atoms with E-state index in [0.717, 1.165) is 19.5 Å². The molecule has 0 aliphatic carbocycles. The number of rotatable bonds is 5. The van der Waals surface area contributed by atoms with Crippen LogP contribution in [0.5, 0.6) is 0 Å². The van der Waals surface area contributed by atoms with Gasteiger partial charge >= 0.3 is 0 Å². The van der Waals surface area contributed by atoms with E-state index in [4.69, 9.17) is 0 Å². The van der Waals surface area contributed by atoms with E-state index in [0.29, 0.717) is 6.04 Å². The van der Waals surface area contributed by atoms with Crippen molar-refractivity contribution < 1.29 is 0 Å². The van der Waals surface area contributed by atoms with Crippen LogP contribution in [-0.2, 0) is 0 Å². The van der Waals surface area contributed by atoms with Crippen LogP contribution in [0.3, 0.4) is 0 Å². The molecule has 0 N–H and O–H groups in total. The summed E-state index contributed by atoms with van der Waals surface area (Å²) in [7, 11) is 0. The highest BCUT2D eigenvalue weighted by Crippen LogP contribution is 2.10. The van der Waals surface area contributed by atoms with Gasteiger partial charge in [0.15, 0.2) is 0 Å². The average Bonchev–Trinajstić information content (AvgIpc) is 2.05. The van der Waals surface area contributed by atoms with Crippen molar-refractivity contribution >= 4 is 0 Å². The summed E-state index contributed by atoms with van der Waals surface area (Å²) in [6, 6.07) is 0.551. The maximum absolute atomic E-state index is 4.05. The Labute approximate surface area is 71.1 Å². The maximum atomic E-state index is 4.05. The number of hydrogen-bond donors (Lipinski definition) is 0. The third kappa shape index (κ3) is 3.06. The monoisotopic (exact) mass is 155 g/mol. The smallest absolute Gasteiger partial charge is 0.0276 e. The zero-order valence-corrected chi connectivity index (χ0v) is 8.35. The first-order chi connectivity index (χ1) is 5.17. The molecule has 1 atom stereocenters. The maximum Gasteiger partial charge on any atom is 0.0276 e. The second-order valence-electron chi connectivity index (χ2n) is 2.91. The van der Waals surface area contributed by atoms with Crippen LogP contribution in [-0.4, -0.2) is 24.0 Å². The van der Waals surface area contributed by atoms with Gasteiger partial charge in [0.05, 0.1) is 0 Å². The summed E-state index contributed by atoms with van der Waals surface area (Å²) in [5.74, 6) is 0. The van der Waals surface area contributed by atoms with E-state index in [1.807, 2.05) is 0 Å². The first-order valence-electron chi connectivity index (χ1n) is 4.59. The molecular weight excluding hydrogens is 134 g/mol. The summed E-state index contributed by atoms with van der Waals surface area (Å²) >= 11 is 0. The highest BCUT2D eigenvalue weighted by molar-refractivity contribution is 5.02. The summed E-state index contributed by atoms with van der Waals surface area (Å²) in [4.78, 5) is 2.42. The van der Waals surface area contributed by atoms with E-state index in [9.17, 15) is 0 Å². The lowest BCUT2D eigenvalue weighted by molar-refractivity contribution is 0.256. The van der Waals surface area contributed by atoms with Crippen LogP contribution in [0.2, 0.25) is 0 Å². The van der Waals surface area contributed by atoms with Gasteiger partial charge in [0.2, 0.25) is 0 Å². The van der Waals surface area contributed by atoms with E-state index in [2.05, 4.69) is 39.2 Å². The second kappa shape index (κ2) is 5.36. The molecule has 0 amide bonds. The largest absolute Gasteiger partial charge is 0.298 e. The van der Waals surface area contributed by atoms with Crippen molar-refractivity contribution in [3.8, 4) is 0 Å². The van der Waals surface area contributed by atoms with Crippen molar-refractivity contribution in [3.63, 3.8) is 0 Å². The van der Waals surface area contributed by atoms with Gasteiger partial charge in [0.25, 0.3) is 0 Å². The Bertz CT molecular complexity index is 114. The number of likely N-dealkylation sites (N-methyl/N-ethyl adjacent to an activating group) is 1. The zero-order chi connectivity index (χ0) is 8.85. The van der Waals surface area contributed by atoms with Gasteiger partial charge in [-0.1, -0.05) is 32.9 Å². The molecule has 0 bridgehead atoms. The summed E-state index contributed by atoms with van der Waals surface area (Å²) in [5, 5.41) is 0. The Morgan fingerprint density at radius 3 is 2.00 bits per heavy atom. The van der Waals surface area contributed by atoms with Gasteiger partial charge < -0.3 is 0 Å². The predicted molar refractivity (Wildman–Crippen MR) is 51.8 cm³/mol. The highest BCUT2D eigenvalue weighted by Gasteiger charge is 2.10. The molecule has 0 saturated carbocycles. The van der Waals surface area contributed by atoms with Crippen molar-refractivity contribution in [1.29, 1.82) is 0 Å². The minimum atomic E-state index is 0.551. The normalized spacial score (nSPS) is 13.5. The Kier molecular flexibility index (Phi) is 5.22.